The Morgan fingerprint density at radius 3 is 2.05 bits per heavy atom. The number of carbonyl (C=O) groups is 1. The van der Waals surface area contributed by atoms with E-state index in [1.165, 1.54) is 6.08 Å². The summed E-state index contributed by atoms with van der Waals surface area (Å²) in [6.45, 7) is 1.84. The first kappa shape index (κ1) is 15.3. The van der Waals surface area contributed by atoms with E-state index in [9.17, 15) is 25.0 Å². The number of aliphatic carboxylic acids is 1. The molecule has 0 saturated heterocycles. The Hall–Kier alpha value is -2.77. The maximum Gasteiger partial charge on any atom is 0.335 e. The first-order valence-corrected chi connectivity index (χ1v) is 5.74. The second-order valence-electron chi connectivity index (χ2n) is 3.96. The van der Waals surface area contributed by atoms with Crippen molar-refractivity contribution in [3.05, 3.63) is 50.1 Å². The lowest BCUT2D eigenvalue weighted by Crippen LogP contribution is -2.02. The van der Waals surface area contributed by atoms with E-state index in [-0.39, 0.29) is 11.1 Å². The molecule has 1 rings (SSSR count). The number of benzene rings is 1. The number of unbranched alkanes of at least 4 members (excludes halogenated alkanes) is 1. The van der Waals surface area contributed by atoms with E-state index in [1.54, 1.807) is 0 Å². The number of allylic oxidation sites excluding steroid dienone is 1. The van der Waals surface area contributed by atoms with Crippen molar-refractivity contribution in [2.75, 3.05) is 0 Å². The van der Waals surface area contributed by atoms with Gasteiger partial charge in [0.15, 0.2) is 0 Å². The molecule has 0 unspecified atom stereocenters. The normalized spacial score (nSPS) is 11.2. The standard InChI is InChI=1S/C12H12N2O6/c1-2-3-4-11(12(15)16)8-5-9(13(17)18)7-10(6-8)14(19)20/h4-7H,2-3H2,1H3,(H,15,16)/b11-4-. The smallest absolute Gasteiger partial charge is 0.335 e. The Morgan fingerprint density at radius 2 is 1.70 bits per heavy atom. The van der Waals surface area contributed by atoms with Crippen molar-refractivity contribution in [3.63, 3.8) is 0 Å². The van der Waals surface area contributed by atoms with Gasteiger partial charge < -0.3 is 5.11 Å². The third kappa shape index (κ3) is 3.61. The van der Waals surface area contributed by atoms with Crippen LogP contribution in [0.1, 0.15) is 25.3 Å². The molecule has 0 saturated carbocycles. The second-order valence-corrected chi connectivity index (χ2v) is 3.96. The first-order valence-electron chi connectivity index (χ1n) is 5.74. The molecule has 0 amide bonds. The van der Waals surface area contributed by atoms with E-state index >= 15 is 0 Å². The number of nitro benzene ring substituents is 2. The summed E-state index contributed by atoms with van der Waals surface area (Å²) in [6.07, 6.45) is 2.54. The van der Waals surface area contributed by atoms with E-state index < -0.39 is 27.2 Å². The van der Waals surface area contributed by atoms with Crippen LogP contribution < -0.4 is 0 Å². The highest BCUT2D eigenvalue weighted by Gasteiger charge is 2.20. The number of carboxylic acids is 1. The summed E-state index contributed by atoms with van der Waals surface area (Å²) in [4.78, 5) is 31.1. The highest BCUT2D eigenvalue weighted by molar-refractivity contribution is 6.15. The summed E-state index contributed by atoms with van der Waals surface area (Å²) in [5.74, 6) is -1.28. The lowest BCUT2D eigenvalue weighted by atomic mass is 10.0. The van der Waals surface area contributed by atoms with E-state index in [4.69, 9.17) is 5.11 Å². The molecule has 1 aromatic carbocycles. The van der Waals surface area contributed by atoms with Crippen LogP contribution >= 0.6 is 0 Å². The molecule has 0 aliphatic heterocycles. The van der Waals surface area contributed by atoms with Crippen LogP contribution in [0, 0.1) is 20.2 Å². The van der Waals surface area contributed by atoms with Gasteiger partial charge in [0.25, 0.3) is 11.4 Å². The Bertz CT molecular complexity index is 561. The van der Waals surface area contributed by atoms with E-state index in [0.717, 1.165) is 18.2 Å². The highest BCUT2D eigenvalue weighted by atomic mass is 16.6. The maximum absolute atomic E-state index is 11.2. The van der Waals surface area contributed by atoms with Gasteiger partial charge in [-0.15, -0.1) is 0 Å². The lowest BCUT2D eigenvalue weighted by molar-refractivity contribution is -0.394. The average molecular weight is 280 g/mol. The van der Waals surface area contributed by atoms with E-state index in [0.29, 0.717) is 12.8 Å². The third-order valence-electron chi connectivity index (χ3n) is 2.50. The van der Waals surface area contributed by atoms with Crippen LogP contribution in [0.2, 0.25) is 0 Å². The zero-order valence-corrected chi connectivity index (χ0v) is 10.6. The molecule has 8 heteroatoms. The molecule has 1 N–H and O–H groups in total. The number of rotatable bonds is 6. The minimum Gasteiger partial charge on any atom is -0.478 e. The second kappa shape index (κ2) is 6.41. The molecule has 0 spiro atoms. The molecule has 0 radical (unpaired) electrons. The largest absolute Gasteiger partial charge is 0.478 e. The zero-order chi connectivity index (χ0) is 15.3. The van der Waals surface area contributed by atoms with Gasteiger partial charge in [-0.25, -0.2) is 4.79 Å². The molecule has 106 valence electrons. The van der Waals surface area contributed by atoms with Crippen LogP contribution in [0.4, 0.5) is 11.4 Å². The summed E-state index contributed by atoms with van der Waals surface area (Å²) in [5.41, 5.74) is -1.26. The minimum absolute atomic E-state index is 0.0492. The highest BCUT2D eigenvalue weighted by Crippen LogP contribution is 2.27. The fraction of sp³-hybridized carbons (Fsp3) is 0.250. The van der Waals surface area contributed by atoms with Crippen molar-refractivity contribution in [2.45, 2.75) is 19.8 Å². The van der Waals surface area contributed by atoms with Crippen LogP contribution in [0.3, 0.4) is 0 Å². The molecule has 0 fully saturated rings. The predicted molar refractivity (Wildman–Crippen MR) is 70.3 cm³/mol. The monoisotopic (exact) mass is 280 g/mol. The number of non-ortho nitro benzene ring substituents is 2. The minimum atomic E-state index is -1.28. The molecule has 0 bridgehead atoms. The van der Waals surface area contributed by atoms with Crippen LogP contribution in [0.15, 0.2) is 24.3 Å². The molecule has 0 aliphatic carbocycles. The fourth-order valence-electron chi connectivity index (χ4n) is 1.58. The van der Waals surface area contributed by atoms with Crippen molar-refractivity contribution in [2.24, 2.45) is 0 Å². The molecule has 8 nitrogen and oxygen atoms in total. The van der Waals surface area contributed by atoms with Crippen molar-refractivity contribution >= 4 is 22.9 Å². The number of nitro groups is 2. The maximum atomic E-state index is 11.2. The van der Waals surface area contributed by atoms with Crippen molar-refractivity contribution in [1.82, 2.24) is 0 Å². The summed E-state index contributed by atoms with van der Waals surface area (Å²) in [5, 5.41) is 30.6. The van der Waals surface area contributed by atoms with Gasteiger partial charge in [0.1, 0.15) is 0 Å². The Kier molecular flexibility index (Phi) is 4.90. The van der Waals surface area contributed by atoms with Gasteiger partial charge >= 0.3 is 5.97 Å². The van der Waals surface area contributed by atoms with Crippen LogP contribution in [-0.4, -0.2) is 20.9 Å². The average Bonchev–Trinajstić information content (AvgIpc) is 2.38. The predicted octanol–water partition coefficient (Wildman–Crippen LogP) is 2.77. The van der Waals surface area contributed by atoms with Gasteiger partial charge in [0.2, 0.25) is 0 Å². The number of nitrogens with zero attached hydrogens (tertiary/aromatic N) is 2. The van der Waals surface area contributed by atoms with Gasteiger partial charge in [-0.3, -0.25) is 20.2 Å². The van der Waals surface area contributed by atoms with Gasteiger partial charge in [-0.1, -0.05) is 19.4 Å². The Balaban J connectivity index is 3.44. The fourth-order valence-corrected chi connectivity index (χ4v) is 1.58. The van der Waals surface area contributed by atoms with Crippen LogP contribution in [0.5, 0.6) is 0 Å². The van der Waals surface area contributed by atoms with Gasteiger partial charge in [0.05, 0.1) is 21.5 Å². The Labute approximate surface area is 113 Å². The van der Waals surface area contributed by atoms with Gasteiger partial charge in [0, 0.05) is 17.7 Å². The van der Waals surface area contributed by atoms with Crippen LogP contribution in [-0.2, 0) is 4.79 Å². The molecular weight excluding hydrogens is 268 g/mol. The lowest BCUT2D eigenvalue weighted by Gasteiger charge is -2.03. The molecule has 0 heterocycles. The molecule has 0 aromatic heterocycles. The van der Waals surface area contributed by atoms with E-state index in [1.807, 2.05) is 6.92 Å². The van der Waals surface area contributed by atoms with Crippen molar-refractivity contribution in [3.8, 4) is 0 Å². The van der Waals surface area contributed by atoms with Gasteiger partial charge in [-0.05, 0) is 6.42 Å². The first-order chi connectivity index (χ1) is 9.36. The number of carboxylic acid groups (broad SMARTS) is 1. The third-order valence-corrected chi connectivity index (χ3v) is 2.50. The molecule has 0 atom stereocenters. The number of hydrogen-bond donors (Lipinski definition) is 1. The zero-order valence-electron chi connectivity index (χ0n) is 10.6. The van der Waals surface area contributed by atoms with Crippen molar-refractivity contribution < 1.29 is 19.7 Å². The summed E-state index contributed by atoms with van der Waals surface area (Å²) in [6, 6.07) is 2.83. The summed E-state index contributed by atoms with van der Waals surface area (Å²) in [7, 11) is 0. The summed E-state index contributed by atoms with van der Waals surface area (Å²) < 4.78 is 0. The molecular formula is C12H12N2O6. The SMILES string of the molecule is CCC/C=C(\C(=O)O)c1cc([N+](=O)[O-])cc([N+](=O)[O-])c1. The number of hydrogen-bond acceptors (Lipinski definition) is 5. The van der Waals surface area contributed by atoms with Gasteiger partial charge in [-0.2, -0.15) is 0 Å². The van der Waals surface area contributed by atoms with Crippen molar-refractivity contribution in [1.29, 1.82) is 0 Å². The molecule has 1 aromatic rings. The van der Waals surface area contributed by atoms with Crippen LogP contribution in [0.25, 0.3) is 5.57 Å². The topological polar surface area (TPSA) is 124 Å². The quantitative estimate of drug-likeness (QED) is 0.485. The molecule has 0 aliphatic rings. The Morgan fingerprint density at radius 1 is 1.20 bits per heavy atom. The van der Waals surface area contributed by atoms with E-state index in [2.05, 4.69) is 0 Å². The molecule has 20 heavy (non-hydrogen) atoms. The summed E-state index contributed by atoms with van der Waals surface area (Å²) >= 11 is 0.